The highest BCUT2D eigenvalue weighted by Gasteiger charge is 2.35. The van der Waals surface area contributed by atoms with E-state index >= 15 is 0 Å². The van der Waals surface area contributed by atoms with Crippen molar-refractivity contribution in [3.8, 4) is 0 Å². The highest BCUT2D eigenvalue weighted by Crippen LogP contribution is 2.33. The molecule has 1 aromatic rings. The molecule has 0 aliphatic carbocycles. The standard InChI is InChI=1S/C19H25N3O5S/c1-4-5-9-21-13(2)16(18(23)27-11-10-26-3)17(20-19(21)28)14-7-6-8-15(12-14)22(24)25/h6-8,12,17H,4-5,9-11H2,1-3H3,(H,20,28)/t17-/m1/s1. The third-order valence-corrected chi connectivity index (χ3v) is 4.82. The van der Waals surface area contributed by atoms with Crippen LogP contribution in [0.4, 0.5) is 5.69 Å². The zero-order valence-corrected chi connectivity index (χ0v) is 17.1. The number of unbranched alkanes of at least 4 members (excludes halogenated alkanes) is 1. The molecule has 1 aromatic carbocycles. The van der Waals surface area contributed by atoms with Crippen LogP contribution in [0.15, 0.2) is 35.5 Å². The SMILES string of the molecule is CCCCN1C(=S)N[C@H](c2cccc([N+](=O)[O-])c2)C(C(=O)OCCOC)=C1C. The molecule has 0 amide bonds. The van der Waals surface area contributed by atoms with Crippen LogP contribution in [0.25, 0.3) is 0 Å². The third-order valence-electron chi connectivity index (χ3n) is 4.49. The Balaban J connectivity index is 2.45. The van der Waals surface area contributed by atoms with Gasteiger partial charge in [-0.25, -0.2) is 4.79 Å². The van der Waals surface area contributed by atoms with Crippen LogP contribution in [0.1, 0.15) is 38.3 Å². The molecular formula is C19H25N3O5S. The summed E-state index contributed by atoms with van der Waals surface area (Å²) in [7, 11) is 1.53. The third kappa shape index (κ3) is 5.05. The Bertz CT molecular complexity index is 781. The van der Waals surface area contributed by atoms with E-state index < -0.39 is 16.9 Å². The first-order valence-electron chi connectivity index (χ1n) is 9.09. The van der Waals surface area contributed by atoms with E-state index in [1.165, 1.54) is 19.2 Å². The maximum absolute atomic E-state index is 12.8. The summed E-state index contributed by atoms with van der Waals surface area (Å²) < 4.78 is 10.3. The lowest BCUT2D eigenvalue weighted by molar-refractivity contribution is -0.384. The molecule has 1 heterocycles. The Hall–Kier alpha value is -2.52. The van der Waals surface area contributed by atoms with Gasteiger partial charge in [-0.2, -0.15) is 0 Å². The number of nitrogens with one attached hydrogen (secondary N) is 1. The van der Waals surface area contributed by atoms with E-state index in [4.69, 9.17) is 21.7 Å². The maximum atomic E-state index is 12.8. The van der Waals surface area contributed by atoms with E-state index in [-0.39, 0.29) is 18.9 Å². The predicted molar refractivity (Wildman–Crippen MR) is 109 cm³/mol. The molecule has 0 spiro atoms. The van der Waals surface area contributed by atoms with Crippen LogP contribution in [-0.2, 0) is 14.3 Å². The molecular weight excluding hydrogens is 382 g/mol. The van der Waals surface area contributed by atoms with Crippen LogP contribution in [0.3, 0.4) is 0 Å². The predicted octanol–water partition coefficient (Wildman–Crippen LogP) is 3.09. The Morgan fingerprint density at radius 3 is 2.79 bits per heavy atom. The largest absolute Gasteiger partial charge is 0.460 e. The second-order valence-electron chi connectivity index (χ2n) is 6.37. The summed E-state index contributed by atoms with van der Waals surface area (Å²) in [6.07, 6.45) is 1.89. The van der Waals surface area contributed by atoms with Crippen LogP contribution in [-0.4, -0.2) is 47.8 Å². The number of methoxy groups -OCH3 is 1. The highest BCUT2D eigenvalue weighted by atomic mass is 32.1. The molecule has 0 saturated carbocycles. The fourth-order valence-corrected chi connectivity index (χ4v) is 3.34. The summed E-state index contributed by atoms with van der Waals surface area (Å²) in [4.78, 5) is 25.4. The first-order valence-corrected chi connectivity index (χ1v) is 9.50. The lowest BCUT2D eigenvalue weighted by atomic mass is 9.94. The molecule has 2 rings (SSSR count). The van der Waals surface area contributed by atoms with Gasteiger partial charge in [0.25, 0.3) is 5.69 Å². The van der Waals surface area contributed by atoms with E-state index in [0.29, 0.717) is 28.5 Å². The number of nitrogens with zero attached hydrogens (tertiary/aromatic N) is 2. The maximum Gasteiger partial charge on any atom is 0.338 e. The molecule has 152 valence electrons. The van der Waals surface area contributed by atoms with Gasteiger partial charge in [-0.1, -0.05) is 25.5 Å². The number of nitro groups is 1. The van der Waals surface area contributed by atoms with Gasteiger partial charge in [0.05, 0.1) is 23.1 Å². The second kappa shape index (κ2) is 10.1. The molecule has 0 saturated heterocycles. The lowest BCUT2D eigenvalue weighted by Gasteiger charge is -2.37. The Labute approximate surface area is 169 Å². The zero-order valence-electron chi connectivity index (χ0n) is 16.3. The van der Waals surface area contributed by atoms with E-state index in [1.807, 2.05) is 11.8 Å². The zero-order chi connectivity index (χ0) is 20.7. The molecule has 1 aliphatic heterocycles. The molecule has 0 bridgehead atoms. The first kappa shape index (κ1) is 21.8. The molecule has 9 heteroatoms. The van der Waals surface area contributed by atoms with Gasteiger partial charge in [-0.15, -0.1) is 0 Å². The van der Waals surface area contributed by atoms with Crippen molar-refractivity contribution in [2.75, 3.05) is 26.9 Å². The number of rotatable bonds is 9. The molecule has 1 aliphatic rings. The van der Waals surface area contributed by atoms with Crippen molar-refractivity contribution in [1.82, 2.24) is 10.2 Å². The van der Waals surface area contributed by atoms with Gasteiger partial charge in [0.15, 0.2) is 5.11 Å². The van der Waals surface area contributed by atoms with Gasteiger partial charge in [0, 0.05) is 31.5 Å². The number of hydrogen-bond donors (Lipinski definition) is 1. The van der Waals surface area contributed by atoms with Crippen molar-refractivity contribution in [2.24, 2.45) is 0 Å². The number of ether oxygens (including phenoxy) is 2. The quantitative estimate of drug-likeness (QED) is 0.219. The van der Waals surface area contributed by atoms with Crippen molar-refractivity contribution >= 4 is 29.0 Å². The monoisotopic (exact) mass is 407 g/mol. The summed E-state index contributed by atoms with van der Waals surface area (Å²) in [5.41, 5.74) is 1.60. The Kier molecular flexibility index (Phi) is 7.89. The van der Waals surface area contributed by atoms with E-state index in [9.17, 15) is 14.9 Å². The van der Waals surface area contributed by atoms with Crippen LogP contribution in [0.5, 0.6) is 0 Å². The van der Waals surface area contributed by atoms with Crippen molar-refractivity contribution < 1.29 is 19.2 Å². The van der Waals surface area contributed by atoms with Crippen LogP contribution >= 0.6 is 12.2 Å². The molecule has 28 heavy (non-hydrogen) atoms. The van der Waals surface area contributed by atoms with Crippen molar-refractivity contribution in [1.29, 1.82) is 0 Å². The van der Waals surface area contributed by atoms with Gasteiger partial charge in [0.1, 0.15) is 6.61 Å². The Morgan fingerprint density at radius 2 is 2.14 bits per heavy atom. The Morgan fingerprint density at radius 1 is 1.39 bits per heavy atom. The molecule has 8 nitrogen and oxygen atoms in total. The summed E-state index contributed by atoms with van der Waals surface area (Å²) in [5, 5.41) is 14.8. The number of hydrogen-bond acceptors (Lipinski definition) is 6. The van der Waals surface area contributed by atoms with Crippen LogP contribution in [0.2, 0.25) is 0 Å². The van der Waals surface area contributed by atoms with Gasteiger partial charge < -0.3 is 19.7 Å². The topological polar surface area (TPSA) is 93.9 Å². The minimum Gasteiger partial charge on any atom is -0.460 e. The van der Waals surface area contributed by atoms with Gasteiger partial charge >= 0.3 is 5.97 Å². The van der Waals surface area contributed by atoms with Gasteiger partial charge in [0.2, 0.25) is 0 Å². The summed E-state index contributed by atoms with van der Waals surface area (Å²) in [5.74, 6) is -0.498. The van der Waals surface area contributed by atoms with Crippen molar-refractivity contribution in [3.05, 3.63) is 51.2 Å². The number of allylic oxidation sites excluding steroid dienone is 1. The van der Waals surface area contributed by atoms with E-state index in [2.05, 4.69) is 12.2 Å². The van der Waals surface area contributed by atoms with Gasteiger partial charge in [-0.05, 0) is 31.1 Å². The number of carbonyl (C=O) groups excluding carboxylic acids is 1. The average molecular weight is 407 g/mol. The number of benzene rings is 1. The fraction of sp³-hybridized carbons (Fsp3) is 0.474. The number of esters is 1. The van der Waals surface area contributed by atoms with Crippen LogP contribution in [0, 0.1) is 10.1 Å². The first-order chi connectivity index (χ1) is 13.4. The lowest BCUT2D eigenvalue weighted by Crippen LogP contribution is -2.48. The van der Waals surface area contributed by atoms with Crippen LogP contribution < -0.4 is 5.32 Å². The molecule has 0 unspecified atom stereocenters. The summed E-state index contributed by atoms with van der Waals surface area (Å²) in [6.45, 7) is 4.97. The number of thiocarbonyl (C=S) groups is 1. The van der Waals surface area contributed by atoms with Crippen molar-refractivity contribution in [2.45, 2.75) is 32.7 Å². The fourth-order valence-electron chi connectivity index (χ4n) is 2.99. The van der Waals surface area contributed by atoms with E-state index in [0.717, 1.165) is 12.8 Å². The summed E-state index contributed by atoms with van der Waals surface area (Å²) in [6, 6.07) is 5.54. The smallest absolute Gasteiger partial charge is 0.338 e. The summed E-state index contributed by atoms with van der Waals surface area (Å²) >= 11 is 5.50. The van der Waals surface area contributed by atoms with Crippen molar-refractivity contribution in [3.63, 3.8) is 0 Å². The molecule has 1 N–H and O–H groups in total. The minimum absolute atomic E-state index is 0.0524. The van der Waals surface area contributed by atoms with Gasteiger partial charge in [-0.3, -0.25) is 10.1 Å². The number of non-ortho nitro benzene ring substituents is 1. The normalized spacial score (nSPS) is 16.8. The second-order valence-corrected chi connectivity index (χ2v) is 6.75. The average Bonchev–Trinajstić information content (AvgIpc) is 2.67. The molecule has 0 aromatic heterocycles. The van der Waals surface area contributed by atoms with E-state index in [1.54, 1.807) is 12.1 Å². The molecule has 0 radical (unpaired) electrons. The molecule has 1 atom stereocenters. The highest BCUT2D eigenvalue weighted by molar-refractivity contribution is 7.80. The minimum atomic E-state index is -0.625. The molecule has 0 fully saturated rings. The number of carbonyl (C=O) groups is 1. The number of nitro benzene ring substituents is 1.